The van der Waals surface area contributed by atoms with Gasteiger partial charge in [-0.05, 0) is 38.6 Å². The fraction of sp³-hybridized carbons (Fsp3) is 0.526. The molecule has 1 aliphatic rings. The van der Waals surface area contributed by atoms with Crippen molar-refractivity contribution in [3.05, 3.63) is 35.5 Å². The maximum Gasteiger partial charge on any atom is 0.146 e. The normalized spacial score (nSPS) is 17.0. The molecule has 0 spiro atoms. The maximum absolute atomic E-state index is 10.7. The standard InChI is InChI=1S/C19H27N3O2/c1-14(2)24-13-16-11-15(12-22-9-7-21(3)8-10-22)19(23)18-17(16)5-4-6-20-18/h4-6,11,14,23H,7-10,12-13H2,1-3H3. The Balaban J connectivity index is 1.90. The summed E-state index contributed by atoms with van der Waals surface area (Å²) in [4.78, 5) is 9.12. The highest BCUT2D eigenvalue weighted by molar-refractivity contribution is 5.88. The number of pyridine rings is 1. The molecule has 0 bridgehead atoms. The lowest BCUT2D eigenvalue weighted by Gasteiger charge is -2.32. The molecule has 1 aromatic heterocycles. The van der Waals surface area contributed by atoms with E-state index in [1.165, 1.54) is 0 Å². The van der Waals surface area contributed by atoms with Gasteiger partial charge in [0.1, 0.15) is 11.3 Å². The van der Waals surface area contributed by atoms with Gasteiger partial charge >= 0.3 is 0 Å². The molecule has 1 aromatic carbocycles. The molecule has 2 aromatic rings. The van der Waals surface area contributed by atoms with Crippen LogP contribution in [-0.2, 0) is 17.9 Å². The van der Waals surface area contributed by atoms with Gasteiger partial charge in [0.25, 0.3) is 0 Å². The third-order valence-electron chi connectivity index (χ3n) is 4.59. The minimum Gasteiger partial charge on any atom is -0.505 e. The van der Waals surface area contributed by atoms with Crippen LogP contribution in [0.15, 0.2) is 24.4 Å². The SMILES string of the molecule is CC(C)OCc1cc(CN2CCN(C)CC2)c(O)c2ncccc12. The zero-order chi connectivity index (χ0) is 17.1. The van der Waals surface area contributed by atoms with Crippen LogP contribution in [0.4, 0.5) is 0 Å². The smallest absolute Gasteiger partial charge is 0.146 e. The van der Waals surface area contributed by atoms with Crippen molar-refractivity contribution in [1.29, 1.82) is 0 Å². The molecule has 2 heterocycles. The first-order chi connectivity index (χ1) is 11.5. The van der Waals surface area contributed by atoms with E-state index in [1.807, 2.05) is 26.0 Å². The second-order valence-electron chi connectivity index (χ2n) is 6.88. The lowest BCUT2D eigenvalue weighted by molar-refractivity contribution is 0.0663. The van der Waals surface area contributed by atoms with E-state index in [1.54, 1.807) is 6.20 Å². The highest BCUT2D eigenvalue weighted by Crippen LogP contribution is 2.31. The third-order valence-corrected chi connectivity index (χ3v) is 4.59. The largest absolute Gasteiger partial charge is 0.505 e. The minimum atomic E-state index is 0.173. The van der Waals surface area contributed by atoms with Crippen LogP contribution in [0.2, 0.25) is 0 Å². The number of hydrogen-bond donors (Lipinski definition) is 1. The number of nitrogens with zero attached hydrogens (tertiary/aromatic N) is 3. The van der Waals surface area contributed by atoms with Crippen molar-refractivity contribution < 1.29 is 9.84 Å². The predicted octanol–water partition coefficient (Wildman–Crippen LogP) is 2.61. The van der Waals surface area contributed by atoms with Gasteiger partial charge in [-0.15, -0.1) is 0 Å². The molecule has 5 heteroatoms. The number of likely N-dealkylation sites (N-methyl/N-ethyl adjacent to an activating group) is 1. The summed E-state index contributed by atoms with van der Waals surface area (Å²) >= 11 is 0. The first kappa shape index (κ1) is 17.1. The molecular formula is C19H27N3O2. The van der Waals surface area contributed by atoms with E-state index in [0.29, 0.717) is 17.9 Å². The second kappa shape index (κ2) is 7.47. The fourth-order valence-electron chi connectivity index (χ4n) is 3.10. The molecule has 130 valence electrons. The topological polar surface area (TPSA) is 48.8 Å². The van der Waals surface area contributed by atoms with Crippen LogP contribution in [0.5, 0.6) is 5.75 Å². The summed E-state index contributed by atoms with van der Waals surface area (Å²) in [6, 6.07) is 5.99. The predicted molar refractivity (Wildman–Crippen MR) is 96.1 cm³/mol. The lowest BCUT2D eigenvalue weighted by Crippen LogP contribution is -2.43. The zero-order valence-corrected chi connectivity index (χ0v) is 14.8. The molecule has 5 nitrogen and oxygen atoms in total. The maximum atomic E-state index is 10.7. The van der Waals surface area contributed by atoms with E-state index in [0.717, 1.165) is 49.2 Å². The second-order valence-corrected chi connectivity index (χ2v) is 6.88. The van der Waals surface area contributed by atoms with Crippen LogP contribution in [0, 0.1) is 0 Å². The molecule has 0 radical (unpaired) electrons. The van der Waals surface area contributed by atoms with Crippen molar-refractivity contribution >= 4 is 10.9 Å². The molecule has 1 aliphatic heterocycles. The summed E-state index contributed by atoms with van der Waals surface area (Å²) in [6.45, 7) is 9.53. The Labute approximate surface area is 143 Å². The number of phenols is 1. The van der Waals surface area contributed by atoms with Crippen molar-refractivity contribution in [1.82, 2.24) is 14.8 Å². The Morgan fingerprint density at radius 2 is 1.96 bits per heavy atom. The number of piperazine rings is 1. The van der Waals surface area contributed by atoms with Crippen molar-refractivity contribution in [3.8, 4) is 5.75 Å². The van der Waals surface area contributed by atoms with Crippen molar-refractivity contribution in [2.45, 2.75) is 33.1 Å². The van der Waals surface area contributed by atoms with Gasteiger partial charge in [-0.25, -0.2) is 0 Å². The molecular weight excluding hydrogens is 302 g/mol. The van der Waals surface area contributed by atoms with Gasteiger partial charge in [0.2, 0.25) is 0 Å². The van der Waals surface area contributed by atoms with Crippen LogP contribution in [0.1, 0.15) is 25.0 Å². The summed E-state index contributed by atoms with van der Waals surface area (Å²) in [5.74, 6) is 0.304. The number of benzene rings is 1. The van der Waals surface area contributed by atoms with Crippen molar-refractivity contribution in [2.75, 3.05) is 33.2 Å². The van der Waals surface area contributed by atoms with E-state index in [2.05, 4.69) is 27.9 Å². The van der Waals surface area contributed by atoms with E-state index in [4.69, 9.17) is 4.74 Å². The number of rotatable bonds is 5. The van der Waals surface area contributed by atoms with Crippen molar-refractivity contribution in [3.63, 3.8) is 0 Å². The van der Waals surface area contributed by atoms with Gasteiger partial charge in [0, 0.05) is 49.9 Å². The number of hydrogen-bond acceptors (Lipinski definition) is 5. The lowest BCUT2D eigenvalue weighted by atomic mass is 10.0. The highest BCUT2D eigenvalue weighted by atomic mass is 16.5. The molecule has 0 aliphatic carbocycles. The Bertz CT molecular complexity index is 694. The molecule has 0 amide bonds. The van der Waals surface area contributed by atoms with Gasteiger partial charge in [-0.1, -0.05) is 6.07 Å². The average Bonchev–Trinajstić information content (AvgIpc) is 2.58. The van der Waals surface area contributed by atoms with Gasteiger partial charge in [0.15, 0.2) is 0 Å². The summed E-state index contributed by atoms with van der Waals surface area (Å²) in [7, 11) is 2.15. The minimum absolute atomic E-state index is 0.173. The third kappa shape index (κ3) is 3.86. The molecule has 0 atom stereocenters. The first-order valence-electron chi connectivity index (χ1n) is 8.65. The van der Waals surface area contributed by atoms with E-state index in [9.17, 15) is 5.11 Å². The number of fused-ring (bicyclic) bond motifs is 1. The van der Waals surface area contributed by atoms with Crippen LogP contribution < -0.4 is 0 Å². The number of aromatic nitrogens is 1. The monoisotopic (exact) mass is 329 g/mol. The molecule has 0 saturated carbocycles. The van der Waals surface area contributed by atoms with E-state index in [-0.39, 0.29) is 6.10 Å². The van der Waals surface area contributed by atoms with E-state index < -0.39 is 0 Å². The Morgan fingerprint density at radius 1 is 1.21 bits per heavy atom. The summed E-state index contributed by atoms with van der Waals surface area (Å²) in [5.41, 5.74) is 2.70. The molecule has 1 N–H and O–H groups in total. The molecule has 1 saturated heterocycles. The Morgan fingerprint density at radius 3 is 2.67 bits per heavy atom. The number of aromatic hydroxyl groups is 1. The number of phenolic OH excluding ortho intramolecular Hbond substituents is 1. The van der Waals surface area contributed by atoms with Gasteiger partial charge in [0.05, 0.1) is 12.7 Å². The van der Waals surface area contributed by atoms with Gasteiger partial charge in [-0.2, -0.15) is 0 Å². The average molecular weight is 329 g/mol. The Hall–Kier alpha value is -1.69. The van der Waals surface area contributed by atoms with Crippen LogP contribution >= 0.6 is 0 Å². The highest BCUT2D eigenvalue weighted by Gasteiger charge is 2.18. The van der Waals surface area contributed by atoms with Crippen LogP contribution in [0.3, 0.4) is 0 Å². The van der Waals surface area contributed by atoms with Gasteiger partial charge < -0.3 is 14.7 Å². The molecule has 3 rings (SSSR count). The molecule has 0 unspecified atom stereocenters. The van der Waals surface area contributed by atoms with Crippen LogP contribution in [0.25, 0.3) is 10.9 Å². The van der Waals surface area contributed by atoms with Crippen molar-refractivity contribution in [2.24, 2.45) is 0 Å². The number of ether oxygens (including phenoxy) is 1. The zero-order valence-electron chi connectivity index (χ0n) is 14.8. The first-order valence-corrected chi connectivity index (χ1v) is 8.65. The van der Waals surface area contributed by atoms with Gasteiger partial charge in [-0.3, -0.25) is 9.88 Å². The Kier molecular flexibility index (Phi) is 5.33. The van der Waals surface area contributed by atoms with Crippen LogP contribution in [-0.4, -0.2) is 59.2 Å². The fourth-order valence-corrected chi connectivity index (χ4v) is 3.10. The quantitative estimate of drug-likeness (QED) is 0.914. The summed E-state index contributed by atoms with van der Waals surface area (Å²) in [5, 5.41) is 11.7. The molecule has 24 heavy (non-hydrogen) atoms. The molecule has 1 fully saturated rings. The summed E-state index contributed by atoms with van der Waals surface area (Å²) in [6.07, 6.45) is 1.90. The summed E-state index contributed by atoms with van der Waals surface area (Å²) < 4.78 is 5.81. The van der Waals surface area contributed by atoms with E-state index >= 15 is 0 Å².